The van der Waals surface area contributed by atoms with E-state index >= 15 is 0 Å². The fourth-order valence-corrected chi connectivity index (χ4v) is 2.98. The SMILES string of the molecule is Cc1ccc(C(O)Cc2ccc(Br)cc2Cl)cc1Br. The highest BCUT2D eigenvalue weighted by Crippen LogP contribution is 2.28. The molecule has 0 saturated heterocycles. The van der Waals surface area contributed by atoms with Crippen LogP contribution in [0, 0.1) is 6.92 Å². The second-order valence-electron chi connectivity index (χ2n) is 4.46. The van der Waals surface area contributed by atoms with Gasteiger partial charge in [-0.25, -0.2) is 0 Å². The summed E-state index contributed by atoms with van der Waals surface area (Å²) < 4.78 is 1.94. The summed E-state index contributed by atoms with van der Waals surface area (Å²) in [6.07, 6.45) is -0.0581. The monoisotopic (exact) mass is 402 g/mol. The van der Waals surface area contributed by atoms with E-state index in [-0.39, 0.29) is 0 Å². The number of halogens is 3. The van der Waals surface area contributed by atoms with Crippen LogP contribution in [0.25, 0.3) is 0 Å². The summed E-state index contributed by atoms with van der Waals surface area (Å²) >= 11 is 13.0. The standard InChI is InChI=1S/C15H13Br2ClO/c1-9-2-3-11(6-13(9)17)15(19)7-10-4-5-12(16)8-14(10)18/h2-6,8,15,19H,7H2,1H3. The third-order valence-electron chi connectivity index (χ3n) is 3.01. The Hall–Kier alpha value is -0.350. The molecule has 0 aliphatic carbocycles. The highest BCUT2D eigenvalue weighted by Gasteiger charge is 2.12. The molecular formula is C15H13Br2ClO. The van der Waals surface area contributed by atoms with Gasteiger partial charge in [-0.3, -0.25) is 0 Å². The van der Waals surface area contributed by atoms with Crippen molar-refractivity contribution in [1.82, 2.24) is 0 Å². The molecule has 1 unspecified atom stereocenters. The first-order valence-corrected chi connectivity index (χ1v) is 7.82. The molecule has 0 fully saturated rings. The van der Waals surface area contributed by atoms with Gasteiger partial charge in [0.1, 0.15) is 0 Å². The molecule has 100 valence electrons. The van der Waals surface area contributed by atoms with Crippen molar-refractivity contribution in [2.24, 2.45) is 0 Å². The van der Waals surface area contributed by atoms with Gasteiger partial charge in [0, 0.05) is 20.4 Å². The molecule has 1 N–H and O–H groups in total. The van der Waals surface area contributed by atoms with Crippen LogP contribution in [0.3, 0.4) is 0 Å². The molecule has 1 nitrogen and oxygen atoms in total. The maximum absolute atomic E-state index is 10.3. The summed E-state index contributed by atoms with van der Waals surface area (Å²) in [6, 6.07) is 11.6. The first-order valence-electron chi connectivity index (χ1n) is 5.85. The molecule has 0 aliphatic heterocycles. The fraction of sp³-hybridized carbons (Fsp3) is 0.200. The van der Waals surface area contributed by atoms with Gasteiger partial charge in [0.25, 0.3) is 0 Å². The molecule has 0 spiro atoms. The summed E-state index contributed by atoms with van der Waals surface area (Å²) in [5.41, 5.74) is 2.98. The Morgan fingerprint density at radius 3 is 2.53 bits per heavy atom. The van der Waals surface area contributed by atoms with Gasteiger partial charge in [0.2, 0.25) is 0 Å². The summed E-state index contributed by atoms with van der Waals surface area (Å²) in [7, 11) is 0. The van der Waals surface area contributed by atoms with Gasteiger partial charge in [-0.1, -0.05) is 61.7 Å². The Balaban J connectivity index is 2.20. The Bertz CT molecular complexity index is 599. The van der Waals surface area contributed by atoms with E-state index in [0.717, 1.165) is 25.6 Å². The average molecular weight is 405 g/mol. The highest BCUT2D eigenvalue weighted by molar-refractivity contribution is 9.10. The molecule has 2 aromatic carbocycles. The van der Waals surface area contributed by atoms with Crippen molar-refractivity contribution in [3.63, 3.8) is 0 Å². The van der Waals surface area contributed by atoms with Crippen molar-refractivity contribution in [3.05, 3.63) is 67.1 Å². The number of benzene rings is 2. The number of rotatable bonds is 3. The van der Waals surface area contributed by atoms with Crippen molar-refractivity contribution >= 4 is 43.5 Å². The largest absolute Gasteiger partial charge is 0.388 e. The minimum Gasteiger partial charge on any atom is -0.388 e. The lowest BCUT2D eigenvalue weighted by Crippen LogP contribution is -2.02. The van der Waals surface area contributed by atoms with Crippen molar-refractivity contribution in [1.29, 1.82) is 0 Å². The topological polar surface area (TPSA) is 20.2 Å². The normalized spacial score (nSPS) is 12.5. The fourth-order valence-electron chi connectivity index (χ4n) is 1.83. The number of hydrogen-bond donors (Lipinski definition) is 1. The lowest BCUT2D eigenvalue weighted by molar-refractivity contribution is 0.178. The molecule has 0 aliphatic rings. The molecule has 0 radical (unpaired) electrons. The van der Waals surface area contributed by atoms with E-state index in [1.807, 2.05) is 43.3 Å². The van der Waals surface area contributed by atoms with Crippen LogP contribution in [0.4, 0.5) is 0 Å². The molecule has 0 amide bonds. The van der Waals surface area contributed by atoms with Crippen LogP contribution in [0.15, 0.2) is 45.3 Å². The highest BCUT2D eigenvalue weighted by atomic mass is 79.9. The van der Waals surface area contributed by atoms with Gasteiger partial charge >= 0.3 is 0 Å². The summed E-state index contributed by atoms with van der Waals surface area (Å²) in [6.45, 7) is 2.02. The van der Waals surface area contributed by atoms with Gasteiger partial charge in [0.15, 0.2) is 0 Å². The average Bonchev–Trinajstić information content (AvgIpc) is 2.36. The number of aliphatic hydroxyl groups excluding tert-OH is 1. The Labute approximate surface area is 134 Å². The van der Waals surface area contributed by atoms with Gasteiger partial charge in [-0.2, -0.15) is 0 Å². The van der Waals surface area contributed by atoms with E-state index in [0.29, 0.717) is 11.4 Å². The summed E-state index contributed by atoms with van der Waals surface area (Å²) in [5, 5.41) is 11.0. The van der Waals surface area contributed by atoms with Crippen LogP contribution in [-0.2, 0) is 6.42 Å². The van der Waals surface area contributed by atoms with Crippen LogP contribution < -0.4 is 0 Å². The van der Waals surface area contributed by atoms with E-state index in [1.54, 1.807) is 0 Å². The molecule has 4 heteroatoms. The third-order valence-corrected chi connectivity index (χ3v) is 4.71. The second kappa shape index (κ2) is 6.40. The quantitative estimate of drug-likeness (QED) is 0.721. The van der Waals surface area contributed by atoms with Crippen LogP contribution >= 0.6 is 43.5 Å². The first-order chi connectivity index (χ1) is 8.97. The third kappa shape index (κ3) is 3.82. The molecular weight excluding hydrogens is 391 g/mol. The molecule has 0 aromatic heterocycles. The van der Waals surface area contributed by atoms with Gasteiger partial charge in [0.05, 0.1) is 6.10 Å². The van der Waals surface area contributed by atoms with E-state index in [9.17, 15) is 5.11 Å². The predicted octanol–water partition coefficient (Wildman–Crippen LogP) is 5.45. The van der Waals surface area contributed by atoms with Gasteiger partial charge in [-0.15, -0.1) is 0 Å². The predicted molar refractivity (Wildman–Crippen MR) is 86.7 cm³/mol. The van der Waals surface area contributed by atoms with Crippen molar-refractivity contribution in [2.75, 3.05) is 0 Å². The minimum absolute atomic E-state index is 0.502. The van der Waals surface area contributed by atoms with Crippen LogP contribution in [0.5, 0.6) is 0 Å². The smallest absolute Gasteiger partial charge is 0.0831 e. The number of aryl methyl sites for hydroxylation is 1. The van der Waals surface area contributed by atoms with Crippen LogP contribution in [-0.4, -0.2) is 5.11 Å². The van der Waals surface area contributed by atoms with Crippen LogP contribution in [0.1, 0.15) is 22.8 Å². The zero-order valence-corrected chi connectivity index (χ0v) is 14.3. The van der Waals surface area contributed by atoms with E-state index in [4.69, 9.17) is 11.6 Å². The lowest BCUT2D eigenvalue weighted by atomic mass is 10.0. The first kappa shape index (κ1) is 15.0. The van der Waals surface area contributed by atoms with E-state index < -0.39 is 6.10 Å². The molecule has 19 heavy (non-hydrogen) atoms. The van der Waals surface area contributed by atoms with Crippen molar-refractivity contribution < 1.29 is 5.11 Å². The minimum atomic E-state index is -0.560. The molecule has 0 bridgehead atoms. The Kier molecular flexibility index (Phi) is 5.07. The zero-order valence-electron chi connectivity index (χ0n) is 10.3. The number of hydrogen-bond acceptors (Lipinski definition) is 1. The molecule has 0 saturated carbocycles. The number of aliphatic hydroxyl groups is 1. The Morgan fingerprint density at radius 1 is 1.16 bits per heavy atom. The maximum atomic E-state index is 10.3. The van der Waals surface area contributed by atoms with Crippen LogP contribution in [0.2, 0.25) is 5.02 Å². The molecule has 2 aromatic rings. The van der Waals surface area contributed by atoms with E-state index in [1.165, 1.54) is 0 Å². The van der Waals surface area contributed by atoms with Crippen molar-refractivity contribution in [2.45, 2.75) is 19.4 Å². The van der Waals surface area contributed by atoms with E-state index in [2.05, 4.69) is 31.9 Å². The summed E-state index contributed by atoms with van der Waals surface area (Å²) in [4.78, 5) is 0. The maximum Gasteiger partial charge on any atom is 0.0831 e. The van der Waals surface area contributed by atoms with Gasteiger partial charge in [-0.05, 0) is 41.8 Å². The van der Waals surface area contributed by atoms with Gasteiger partial charge < -0.3 is 5.11 Å². The molecule has 2 rings (SSSR count). The zero-order chi connectivity index (χ0) is 14.0. The van der Waals surface area contributed by atoms with Crippen molar-refractivity contribution in [3.8, 4) is 0 Å². The second-order valence-corrected chi connectivity index (χ2v) is 6.64. The molecule has 1 atom stereocenters. The lowest BCUT2D eigenvalue weighted by Gasteiger charge is -2.13. The summed E-state index contributed by atoms with van der Waals surface area (Å²) in [5.74, 6) is 0. The Morgan fingerprint density at radius 2 is 1.89 bits per heavy atom. The molecule has 0 heterocycles.